The van der Waals surface area contributed by atoms with Crippen LogP contribution in [-0.4, -0.2) is 32.9 Å². The van der Waals surface area contributed by atoms with Gasteiger partial charge in [-0.2, -0.15) is 0 Å². The number of aromatic nitrogens is 1. The number of carbonyl (C=O) groups is 1. The Bertz CT molecular complexity index is 1520. The molecule has 39 heavy (non-hydrogen) atoms. The quantitative estimate of drug-likeness (QED) is 0.311. The summed E-state index contributed by atoms with van der Waals surface area (Å²) in [5, 5.41) is 21.0. The SMILES string of the molecule is CC=C(C(=O)OC1Cc2c(c(Cc3ccnc(N)c3)c3oc(CO)cc(=O)c3c2O)OC1(C)C)C1CCCC1. The van der Waals surface area contributed by atoms with E-state index in [4.69, 9.17) is 19.6 Å². The Kier molecular flexibility index (Phi) is 7.11. The third-order valence-corrected chi connectivity index (χ3v) is 7.85. The number of aliphatic hydroxyl groups excluding tert-OH is 1. The molecular formula is C30H34N2O7. The van der Waals surface area contributed by atoms with Crippen molar-refractivity contribution in [1.29, 1.82) is 0 Å². The maximum absolute atomic E-state index is 13.3. The number of ether oxygens (including phenoxy) is 2. The van der Waals surface area contributed by atoms with Gasteiger partial charge in [-0.15, -0.1) is 0 Å². The first-order valence-electron chi connectivity index (χ1n) is 13.3. The number of aromatic hydroxyl groups is 1. The Hall–Kier alpha value is -3.85. The van der Waals surface area contributed by atoms with Gasteiger partial charge < -0.3 is 29.8 Å². The van der Waals surface area contributed by atoms with Gasteiger partial charge in [-0.25, -0.2) is 9.78 Å². The van der Waals surface area contributed by atoms with E-state index in [0.29, 0.717) is 28.3 Å². The first-order chi connectivity index (χ1) is 18.6. The van der Waals surface area contributed by atoms with E-state index in [0.717, 1.165) is 37.3 Å². The van der Waals surface area contributed by atoms with Gasteiger partial charge in [0.25, 0.3) is 0 Å². The van der Waals surface area contributed by atoms with Crippen LogP contribution in [0.25, 0.3) is 11.0 Å². The topological polar surface area (TPSA) is 145 Å². The van der Waals surface area contributed by atoms with Gasteiger partial charge in [0.05, 0.1) is 0 Å². The van der Waals surface area contributed by atoms with Crippen molar-refractivity contribution >= 4 is 22.8 Å². The largest absolute Gasteiger partial charge is 0.507 e. The minimum atomic E-state index is -0.960. The predicted octanol–water partition coefficient (Wildman–Crippen LogP) is 4.32. The number of benzene rings is 1. The summed E-state index contributed by atoms with van der Waals surface area (Å²) in [7, 11) is 0. The molecule has 0 bridgehead atoms. The summed E-state index contributed by atoms with van der Waals surface area (Å²) in [5.41, 5.74) is 6.92. The second-order valence-electron chi connectivity index (χ2n) is 10.9. The molecule has 1 aliphatic heterocycles. The number of allylic oxidation sites excluding steroid dienone is 1. The maximum Gasteiger partial charge on any atom is 0.334 e. The number of hydrogen-bond acceptors (Lipinski definition) is 9. The van der Waals surface area contributed by atoms with E-state index in [9.17, 15) is 19.8 Å². The van der Waals surface area contributed by atoms with Gasteiger partial charge in [-0.1, -0.05) is 18.9 Å². The molecule has 206 valence electrons. The molecule has 0 radical (unpaired) electrons. The molecule has 5 rings (SSSR count). The lowest BCUT2D eigenvalue weighted by Gasteiger charge is -2.40. The first kappa shape index (κ1) is 26.7. The van der Waals surface area contributed by atoms with E-state index in [1.165, 1.54) is 0 Å². The van der Waals surface area contributed by atoms with Crippen LogP contribution in [0.3, 0.4) is 0 Å². The average molecular weight is 535 g/mol. The molecule has 1 saturated carbocycles. The number of phenolic OH excluding ortho intramolecular Hbond substituents is 1. The van der Waals surface area contributed by atoms with Crippen molar-refractivity contribution in [3.05, 3.63) is 68.7 Å². The maximum atomic E-state index is 13.3. The highest BCUT2D eigenvalue weighted by Crippen LogP contribution is 2.47. The number of pyridine rings is 1. The summed E-state index contributed by atoms with van der Waals surface area (Å²) < 4.78 is 18.4. The minimum absolute atomic E-state index is 0.0172. The molecule has 0 spiro atoms. The highest BCUT2D eigenvalue weighted by molar-refractivity contribution is 5.91. The number of aliphatic hydroxyl groups is 1. The van der Waals surface area contributed by atoms with Crippen LogP contribution in [-0.2, 0) is 29.0 Å². The molecule has 1 unspecified atom stereocenters. The Balaban J connectivity index is 1.61. The summed E-state index contributed by atoms with van der Waals surface area (Å²) in [5.74, 6) is 0.272. The lowest BCUT2D eigenvalue weighted by atomic mass is 9.86. The van der Waals surface area contributed by atoms with Crippen molar-refractivity contribution < 1.29 is 28.9 Å². The van der Waals surface area contributed by atoms with E-state index in [-0.39, 0.29) is 47.2 Å². The molecule has 1 atom stereocenters. The normalized spacial score (nSPS) is 19.1. The molecule has 2 aliphatic rings. The van der Waals surface area contributed by atoms with Gasteiger partial charge in [0.1, 0.15) is 52.4 Å². The highest BCUT2D eigenvalue weighted by atomic mass is 16.6. The fourth-order valence-electron chi connectivity index (χ4n) is 5.78. The predicted molar refractivity (Wildman–Crippen MR) is 146 cm³/mol. The monoisotopic (exact) mass is 534 g/mol. The Morgan fingerprint density at radius 2 is 2.03 bits per heavy atom. The zero-order valence-corrected chi connectivity index (χ0v) is 22.5. The molecule has 4 N–H and O–H groups in total. The molecule has 2 aromatic heterocycles. The number of rotatable bonds is 6. The number of nitrogens with two attached hydrogens (primary N) is 1. The van der Waals surface area contributed by atoms with Crippen LogP contribution in [0.1, 0.15) is 68.9 Å². The van der Waals surface area contributed by atoms with Crippen molar-refractivity contribution in [3.63, 3.8) is 0 Å². The van der Waals surface area contributed by atoms with Gasteiger partial charge in [-0.3, -0.25) is 4.79 Å². The second kappa shape index (κ2) is 10.4. The highest BCUT2D eigenvalue weighted by Gasteiger charge is 2.44. The van der Waals surface area contributed by atoms with Crippen molar-refractivity contribution in [2.75, 3.05) is 5.73 Å². The number of hydrogen-bond donors (Lipinski definition) is 3. The lowest BCUT2D eigenvalue weighted by molar-refractivity contribution is -0.157. The van der Waals surface area contributed by atoms with Crippen LogP contribution in [0.4, 0.5) is 5.82 Å². The number of esters is 1. The van der Waals surface area contributed by atoms with Gasteiger partial charge >= 0.3 is 5.97 Å². The van der Waals surface area contributed by atoms with Crippen LogP contribution in [0.5, 0.6) is 11.5 Å². The van der Waals surface area contributed by atoms with Crippen LogP contribution in [0.2, 0.25) is 0 Å². The van der Waals surface area contributed by atoms with Gasteiger partial charge in [0.2, 0.25) is 0 Å². The van der Waals surface area contributed by atoms with E-state index >= 15 is 0 Å². The number of nitrogens with zero attached hydrogens (tertiary/aromatic N) is 1. The second-order valence-corrected chi connectivity index (χ2v) is 10.9. The van der Waals surface area contributed by atoms with E-state index < -0.39 is 23.7 Å². The van der Waals surface area contributed by atoms with Gasteiger partial charge in [0, 0.05) is 41.8 Å². The van der Waals surface area contributed by atoms with Crippen molar-refractivity contribution in [1.82, 2.24) is 4.98 Å². The van der Waals surface area contributed by atoms with Crippen LogP contribution in [0, 0.1) is 5.92 Å². The number of phenols is 1. The fourth-order valence-corrected chi connectivity index (χ4v) is 5.78. The van der Waals surface area contributed by atoms with Gasteiger partial charge in [-0.05, 0) is 57.2 Å². The van der Waals surface area contributed by atoms with E-state index in [2.05, 4.69) is 4.98 Å². The molecule has 1 aliphatic carbocycles. The zero-order chi connectivity index (χ0) is 27.9. The third-order valence-electron chi connectivity index (χ3n) is 7.85. The molecule has 9 heteroatoms. The third kappa shape index (κ3) is 4.98. The number of anilines is 1. The molecular weight excluding hydrogens is 500 g/mol. The first-order valence-corrected chi connectivity index (χ1v) is 13.3. The molecule has 1 fully saturated rings. The summed E-state index contributed by atoms with van der Waals surface area (Å²) >= 11 is 0. The molecule has 0 saturated heterocycles. The lowest BCUT2D eigenvalue weighted by Crippen LogP contribution is -2.49. The van der Waals surface area contributed by atoms with E-state index in [1.807, 2.05) is 26.8 Å². The summed E-state index contributed by atoms with van der Waals surface area (Å²) in [4.78, 5) is 30.4. The Morgan fingerprint density at radius 1 is 1.28 bits per heavy atom. The van der Waals surface area contributed by atoms with Crippen LogP contribution in [0.15, 0.2) is 45.3 Å². The van der Waals surface area contributed by atoms with E-state index in [1.54, 1.807) is 18.3 Å². The minimum Gasteiger partial charge on any atom is -0.507 e. The zero-order valence-electron chi connectivity index (χ0n) is 22.5. The standard InChI is InChI=1S/C30H34N2O7/c1-4-19(17-7-5-6-8-17)29(36)38-23-14-20-26(35)25-22(34)13-18(15-33)37-28(25)21(27(20)39-30(23,2)3)11-16-9-10-32-24(31)12-16/h4,9-10,12-13,17,23,33,35H,5-8,11,14-15H2,1-3H3,(H2,31,32). The molecule has 1 aromatic carbocycles. The summed E-state index contributed by atoms with van der Waals surface area (Å²) in [6.45, 7) is 5.02. The number of carbonyl (C=O) groups excluding carboxylic acids is 1. The van der Waals surface area contributed by atoms with Crippen LogP contribution >= 0.6 is 0 Å². The molecule has 9 nitrogen and oxygen atoms in total. The molecule has 0 amide bonds. The molecule has 3 heterocycles. The van der Waals surface area contributed by atoms with Crippen molar-refractivity contribution in [2.45, 2.75) is 77.6 Å². The smallest absolute Gasteiger partial charge is 0.334 e. The fraction of sp³-hybridized carbons (Fsp3) is 0.433. The van der Waals surface area contributed by atoms with Gasteiger partial charge in [0.15, 0.2) is 5.43 Å². The van der Waals surface area contributed by atoms with Crippen molar-refractivity contribution in [2.24, 2.45) is 5.92 Å². The molecule has 3 aromatic rings. The Labute approximate surface area is 226 Å². The summed E-state index contributed by atoms with van der Waals surface area (Å²) in [6.07, 6.45) is 7.20. The Morgan fingerprint density at radius 3 is 2.69 bits per heavy atom. The average Bonchev–Trinajstić information content (AvgIpc) is 3.41. The number of nitrogen functional groups attached to an aromatic ring is 1. The summed E-state index contributed by atoms with van der Waals surface area (Å²) in [6, 6.07) is 4.66. The number of fused-ring (bicyclic) bond motifs is 2. The van der Waals surface area contributed by atoms with Crippen LogP contribution < -0.4 is 15.9 Å². The van der Waals surface area contributed by atoms with Crippen molar-refractivity contribution in [3.8, 4) is 11.5 Å².